The molecular weight excluding hydrogens is 650 g/mol. The molecule has 5 nitrogen and oxygen atoms in total. The van der Waals surface area contributed by atoms with Crippen LogP contribution in [0.25, 0.3) is 0 Å². The number of halogens is 7. The molecule has 0 aliphatic carbocycles. The van der Waals surface area contributed by atoms with Crippen LogP contribution in [0, 0.1) is 32.7 Å². The number of carbonyl (C=O) groups excluding carboxylic acids is 1. The molecule has 0 spiro atoms. The third-order valence-electron chi connectivity index (χ3n) is 5.64. The zero-order valence-corrected chi connectivity index (χ0v) is 22.5. The van der Waals surface area contributed by atoms with Gasteiger partial charge in [0, 0.05) is 41.0 Å². The number of piperazine rings is 1. The Morgan fingerprint density at radius 2 is 1.46 bits per heavy atom. The molecule has 37 heavy (non-hydrogen) atoms. The summed E-state index contributed by atoms with van der Waals surface area (Å²) in [6.07, 6.45) is 0. The third kappa shape index (κ3) is 5.91. The summed E-state index contributed by atoms with van der Waals surface area (Å²) in [6.45, 7) is 0.444. The molecule has 1 amide bonds. The van der Waals surface area contributed by atoms with Crippen molar-refractivity contribution in [1.29, 1.82) is 0 Å². The van der Waals surface area contributed by atoms with Gasteiger partial charge in [-0.2, -0.15) is 0 Å². The van der Waals surface area contributed by atoms with E-state index in [2.05, 4.69) is 33.2 Å². The lowest BCUT2D eigenvalue weighted by atomic mass is 10.2. The quantitative estimate of drug-likeness (QED) is 0.116. The van der Waals surface area contributed by atoms with Gasteiger partial charge in [-0.1, -0.05) is 17.7 Å². The number of amides is 1. The summed E-state index contributed by atoms with van der Waals surface area (Å²) in [7, 11) is 0. The van der Waals surface area contributed by atoms with Crippen LogP contribution in [0.1, 0.15) is 10.4 Å². The van der Waals surface area contributed by atoms with E-state index in [4.69, 9.17) is 23.8 Å². The van der Waals surface area contributed by atoms with Gasteiger partial charge < -0.3 is 15.1 Å². The highest BCUT2D eigenvalue weighted by molar-refractivity contribution is 14.1. The van der Waals surface area contributed by atoms with Gasteiger partial charge in [-0.05, 0) is 71.2 Å². The van der Waals surface area contributed by atoms with Crippen molar-refractivity contribution in [2.75, 3.05) is 41.3 Å². The predicted molar refractivity (Wildman–Crippen MR) is 145 cm³/mol. The molecule has 0 aromatic heterocycles. The lowest BCUT2D eigenvalue weighted by Crippen LogP contribution is -2.47. The summed E-state index contributed by atoms with van der Waals surface area (Å²) in [5.41, 5.74) is 0.636. The second-order valence-electron chi connectivity index (χ2n) is 7.98. The van der Waals surface area contributed by atoms with Crippen LogP contribution in [0.3, 0.4) is 0 Å². The molecule has 4 rings (SSSR count). The molecule has 0 radical (unpaired) electrons. The van der Waals surface area contributed by atoms with Crippen molar-refractivity contribution in [3.63, 3.8) is 0 Å². The lowest BCUT2D eigenvalue weighted by molar-refractivity contribution is 0.0977. The van der Waals surface area contributed by atoms with Crippen LogP contribution < -0.4 is 20.4 Å². The van der Waals surface area contributed by atoms with E-state index >= 15 is 0 Å². The van der Waals surface area contributed by atoms with Gasteiger partial charge in [0.25, 0.3) is 5.91 Å². The number of benzene rings is 3. The molecular formula is C24H17ClF5IN4OS. The van der Waals surface area contributed by atoms with Gasteiger partial charge in [-0.25, -0.2) is 22.0 Å². The Morgan fingerprint density at radius 3 is 2.05 bits per heavy atom. The largest absolute Gasteiger partial charge is 0.367 e. The van der Waals surface area contributed by atoms with Crippen LogP contribution in [0.5, 0.6) is 0 Å². The number of thiocarbonyl (C=S) groups is 1. The lowest BCUT2D eigenvalue weighted by Gasteiger charge is -2.38. The molecule has 1 aliphatic heterocycles. The number of nitrogens with one attached hydrogen (secondary N) is 2. The first-order valence-corrected chi connectivity index (χ1v) is 12.6. The molecule has 1 saturated heterocycles. The van der Waals surface area contributed by atoms with E-state index in [1.165, 1.54) is 0 Å². The van der Waals surface area contributed by atoms with Crippen LogP contribution in [0.4, 0.5) is 39.0 Å². The first kappa shape index (κ1) is 27.3. The van der Waals surface area contributed by atoms with Crippen molar-refractivity contribution >= 4 is 74.5 Å². The maximum absolute atomic E-state index is 14.2. The number of nitrogens with zero attached hydrogens (tertiary/aromatic N) is 2. The van der Waals surface area contributed by atoms with Crippen molar-refractivity contribution in [3.8, 4) is 0 Å². The van der Waals surface area contributed by atoms with Gasteiger partial charge in [-0.3, -0.25) is 10.1 Å². The molecule has 1 heterocycles. The van der Waals surface area contributed by atoms with Gasteiger partial charge in [0.05, 0.1) is 10.7 Å². The van der Waals surface area contributed by atoms with E-state index in [0.717, 1.165) is 8.47 Å². The molecule has 0 atom stereocenters. The molecule has 0 bridgehead atoms. The molecule has 1 aliphatic rings. The number of carbonyl (C=O) groups is 1. The maximum atomic E-state index is 14.2. The third-order valence-corrected chi connectivity index (χ3v) is 6.82. The smallest absolute Gasteiger partial charge is 0.257 e. The number of hydrogen-bond acceptors (Lipinski definition) is 4. The van der Waals surface area contributed by atoms with E-state index in [1.807, 2.05) is 11.0 Å². The molecule has 194 valence electrons. The minimum atomic E-state index is -2.19. The zero-order valence-electron chi connectivity index (χ0n) is 18.7. The standard InChI is InChI=1S/C24H17ClF5IN4OS/c25-15-11-14(32-24(37)33-23(36)12-2-1-3-13(31)10-12)4-5-16(15)34-6-8-35(9-7-34)22-20(29)18(27)17(26)19(28)21(22)30/h1-5,10-11H,6-9H2,(H2,32,33,36,37). The molecule has 2 N–H and O–H groups in total. The van der Waals surface area contributed by atoms with E-state index in [1.54, 1.807) is 36.4 Å². The van der Waals surface area contributed by atoms with Gasteiger partial charge in [0.1, 0.15) is 5.69 Å². The summed E-state index contributed by atoms with van der Waals surface area (Å²) < 4.78 is 69.8. The van der Waals surface area contributed by atoms with Gasteiger partial charge in [0.15, 0.2) is 28.4 Å². The normalized spacial score (nSPS) is 13.5. The van der Waals surface area contributed by atoms with Crippen molar-refractivity contribution in [1.82, 2.24) is 5.32 Å². The summed E-state index contributed by atoms with van der Waals surface area (Å²) in [4.78, 5) is 15.3. The summed E-state index contributed by atoms with van der Waals surface area (Å²) in [6, 6.07) is 12.0. The minimum Gasteiger partial charge on any atom is -0.367 e. The van der Waals surface area contributed by atoms with E-state index < -0.39 is 34.8 Å². The zero-order chi connectivity index (χ0) is 26.9. The molecule has 13 heteroatoms. The first-order valence-electron chi connectivity index (χ1n) is 10.8. The molecule has 0 saturated carbocycles. The summed E-state index contributed by atoms with van der Waals surface area (Å²) >= 11 is 13.8. The van der Waals surface area contributed by atoms with Crippen LogP contribution in [-0.2, 0) is 0 Å². The average Bonchev–Trinajstić information content (AvgIpc) is 2.87. The fourth-order valence-corrected chi connectivity index (χ4v) is 4.90. The van der Waals surface area contributed by atoms with Crippen LogP contribution in [0.2, 0.25) is 5.02 Å². The first-order chi connectivity index (χ1) is 17.6. The average molecular weight is 667 g/mol. The Hall–Kier alpha value is -2.71. The number of rotatable bonds is 4. The number of anilines is 3. The Morgan fingerprint density at radius 1 is 0.865 bits per heavy atom. The topological polar surface area (TPSA) is 47.6 Å². The second kappa shape index (κ2) is 11.4. The van der Waals surface area contributed by atoms with Crippen LogP contribution >= 0.6 is 46.4 Å². The fourth-order valence-electron chi connectivity index (χ4n) is 3.85. The highest BCUT2D eigenvalue weighted by Gasteiger charge is 2.31. The Bertz CT molecular complexity index is 1360. The summed E-state index contributed by atoms with van der Waals surface area (Å²) in [5.74, 6) is -10.2. The Balaban J connectivity index is 1.39. The van der Waals surface area contributed by atoms with Crippen LogP contribution in [-0.4, -0.2) is 37.2 Å². The predicted octanol–water partition coefficient (Wildman–Crippen LogP) is 6.09. The molecule has 3 aromatic carbocycles. The van der Waals surface area contributed by atoms with E-state index in [-0.39, 0.29) is 37.2 Å². The van der Waals surface area contributed by atoms with Crippen LogP contribution in [0.15, 0.2) is 42.5 Å². The maximum Gasteiger partial charge on any atom is 0.257 e. The minimum absolute atomic E-state index is 0.00320. The molecule has 3 aromatic rings. The van der Waals surface area contributed by atoms with Gasteiger partial charge in [-0.15, -0.1) is 0 Å². The highest BCUT2D eigenvalue weighted by atomic mass is 127. The monoisotopic (exact) mass is 666 g/mol. The molecule has 1 fully saturated rings. The van der Waals surface area contributed by atoms with Crippen molar-refractivity contribution in [2.45, 2.75) is 0 Å². The number of hydrogen-bond donors (Lipinski definition) is 2. The Labute approximate surface area is 232 Å². The molecule has 0 unspecified atom stereocenters. The second-order valence-corrected chi connectivity index (χ2v) is 10.0. The van der Waals surface area contributed by atoms with Gasteiger partial charge in [0.2, 0.25) is 5.82 Å². The van der Waals surface area contributed by atoms with Gasteiger partial charge >= 0.3 is 0 Å². The van der Waals surface area contributed by atoms with E-state index in [0.29, 0.717) is 22.0 Å². The van der Waals surface area contributed by atoms with Crippen molar-refractivity contribution < 1.29 is 26.7 Å². The fraction of sp³-hybridized carbons (Fsp3) is 0.167. The van der Waals surface area contributed by atoms with Crippen molar-refractivity contribution in [3.05, 3.63) is 85.7 Å². The Kier molecular flexibility index (Phi) is 8.39. The SMILES string of the molecule is O=C(NC(=S)Nc1ccc(N2CCN(c3c(F)c(F)c(F)c(F)c3F)CC2)c(Cl)c1)c1cccc(I)c1. The highest BCUT2D eigenvalue weighted by Crippen LogP contribution is 2.33. The van der Waals surface area contributed by atoms with Crippen molar-refractivity contribution in [2.24, 2.45) is 0 Å². The van der Waals surface area contributed by atoms with E-state index in [9.17, 15) is 26.7 Å². The summed E-state index contributed by atoms with van der Waals surface area (Å²) in [5, 5.41) is 5.88.